The molecule has 1 unspecified atom stereocenters. The number of para-hydroxylation sites is 1. The fourth-order valence-electron chi connectivity index (χ4n) is 4.96. The number of aliphatic hydroxyl groups excluding tert-OH is 1. The Morgan fingerprint density at radius 2 is 1.64 bits per heavy atom. The van der Waals surface area contributed by atoms with Crippen LogP contribution in [0, 0.1) is 13.8 Å². The molecule has 1 amide bonds. The Bertz CT molecular complexity index is 1550. The third-order valence-corrected chi connectivity index (χ3v) is 6.68. The quantitative estimate of drug-likeness (QED) is 0.225. The number of nitrogens with one attached hydrogen (secondary N) is 1. The summed E-state index contributed by atoms with van der Waals surface area (Å²) in [6.07, 6.45) is 0. The van der Waals surface area contributed by atoms with Gasteiger partial charge in [-0.1, -0.05) is 24.3 Å². The van der Waals surface area contributed by atoms with Gasteiger partial charge in [-0.25, -0.2) is 0 Å². The summed E-state index contributed by atoms with van der Waals surface area (Å²) >= 11 is 0. The number of ether oxygens (including phenoxy) is 2. The lowest BCUT2D eigenvalue weighted by molar-refractivity contribution is -0.132. The number of hydrogen-bond donors (Lipinski definition) is 2. The molecule has 7 nitrogen and oxygen atoms in total. The van der Waals surface area contributed by atoms with Crippen LogP contribution in [-0.4, -0.2) is 36.0 Å². The van der Waals surface area contributed by atoms with E-state index in [2.05, 4.69) is 4.98 Å². The predicted octanol–water partition coefficient (Wildman–Crippen LogP) is 5.43. The van der Waals surface area contributed by atoms with E-state index in [1.165, 1.54) is 4.90 Å². The molecule has 1 aliphatic heterocycles. The van der Waals surface area contributed by atoms with Gasteiger partial charge in [-0.2, -0.15) is 0 Å². The minimum absolute atomic E-state index is 0.0314. The van der Waals surface area contributed by atoms with Crippen LogP contribution >= 0.6 is 0 Å². The summed E-state index contributed by atoms with van der Waals surface area (Å²) in [5, 5.41) is 12.4. The van der Waals surface area contributed by atoms with Gasteiger partial charge in [0.1, 0.15) is 17.3 Å². The molecule has 1 aromatic heterocycles. The Labute approximate surface area is 208 Å². The highest BCUT2D eigenvalue weighted by Gasteiger charge is 2.48. The summed E-state index contributed by atoms with van der Waals surface area (Å²) in [6, 6.07) is 19.0. The number of fused-ring (bicyclic) bond motifs is 1. The predicted molar refractivity (Wildman–Crippen MR) is 139 cm³/mol. The molecule has 36 heavy (non-hydrogen) atoms. The second-order valence-electron chi connectivity index (χ2n) is 8.76. The highest BCUT2D eigenvalue weighted by Crippen LogP contribution is 2.46. The third-order valence-electron chi connectivity index (χ3n) is 6.68. The lowest BCUT2D eigenvalue weighted by Crippen LogP contribution is -2.29. The van der Waals surface area contributed by atoms with Crippen molar-refractivity contribution < 1.29 is 24.2 Å². The number of benzene rings is 3. The van der Waals surface area contributed by atoms with Crippen molar-refractivity contribution in [2.45, 2.75) is 19.9 Å². The normalized spacial score (nSPS) is 17.1. The first-order valence-corrected chi connectivity index (χ1v) is 11.5. The lowest BCUT2D eigenvalue weighted by Gasteiger charge is -2.26. The highest BCUT2D eigenvalue weighted by atomic mass is 16.5. The number of aromatic nitrogens is 1. The number of nitrogens with zero attached hydrogens (tertiary/aromatic N) is 1. The average molecular weight is 483 g/mol. The number of anilines is 1. The van der Waals surface area contributed by atoms with Gasteiger partial charge in [0.2, 0.25) is 0 Å². The molecule has 0 bridgehead atoms. The van der Waals surface area contributed by atoms with Gasteiger partial charge in [-0.05, 0) is 55.8 Å². The number of carbonyl (C=O) groups excluding carboxylic acids is 2. The number of carbonyl (C=O) groups is 2. The Morgan fingerprint density at radius 1 is 0.917 bits per heavy atom. The fourth-order valence-corrected chi connectivity index (χ4v) is 4.96. The number of rotatable bonds is 5. The Kier molecular flexibility index (Phi) is 5.76. The summed E-state index contributed by atoms with van der Waals surface area (Å²) in [5.41, 5.74) is 4.13. The number of Topliss-reactive ketones (excluding diaryl/α,β-unsaturated/α-hetero) is 1. The molecule has 182 valence electrons. The second kappa shape index (κ2) is 8.92. The van der Waals surface area contributed by atoms with Crippen LogP contribution in [0.1, 0.15) is 28.4 Å². The van der Waals surface area contributed by atoms with Crippen LogP contribution in [0.3, 0.4) is 0 Å². The number of H-pyrrole nitrogens is 1. The van der Waals surface area contributed by atoms with Crippen molar-refractivity contribution in [1.29, 1.82) is 0 Å². The third kappa shape index (κ3) is 3.60. The first-order chi connectivity index (χ1) is 17.3. The summed E-state index contributed by atoms with van der Waals surface area (Å²) in [7, 11) is 3.11. The molecule has 0 radical (unpaired) electrons. The number of amides is 1. The molecule has 1 saturated heterocycles. The van der Waals surface area contributed by atoms with Crippen LogP contribution in [0.25, 0.3) is 16.7 Å². The van der Waals surface area contributed by atoms with Gasteiger partial charge in [0, 0.05) is 39.5 Å². The number of ketones is 1. The zero-order valence-electron chi connectivity index (χ0n) is 20.5. The minimum atomic E-state index is -0.852. The van der Waals surface area contributed by atoms with Crippen LogP contribution in [0.2, 0.25) is 0 Å². The van der Waals surface area contributed by atoms with Crippen molar-refractivity contribution in [3.63, 3.8) is 0 Å². The van der Waals surface area contributed by atoms with Crippen LogP contribution in [0.5, 0.6) is 11.5 Å². The van der Waals surface area contributed by atoms with Crippen molar-refractivity contribution in [3.8, 4) is 11.5 Å². The van der Waals surface area contributed by atoms with E-state index in [1.54, 1.807) is 56.7 Å². The van der Waals surface area contributed by atoms with Crippen molar-refractivity contribution in [1.82, 2.24) is 4.98 Å². The Morgan fingerprint density at radius 3 is 2.36 bits per heavy atom. The number of aryl methyl sites for hydroxylation is 2. The maximum atomic E-state index is 13.6. The molecule has 4 aromatic rings. The fraction of sp³-hybridized carbons (Fsp3) is 0.172. The number of methoxy groups -OCH3 is 2. The molecular formula is C29H26N2O5. The maximum Gasteiger partial charge on any atom is 0.300 e. The largest absolute Gasteiger partial charge is 0.507 e. The molecule has 0 aliphatic carbocycles. The molecule has 7 heteroatoms. The Balaban J connectivity index is 1.81. The summed E-state index contributed by atoms with van der Waals surface area (Å²) < 4.78 is 10.7. The monoisotopic (exact) mass is 482 g/mol. The van der Waals surface area contributed by atoms with E-state index in [0.717, 1.165) is 22.2 Å². The first-order valence-electron chi connectivity index (χ1n) is 11.5. The van der Waals surface area contributed by atoms with Crippen molar-refractivity contribution in [2.75, 3.05) is 19.1 Å². The number of aromatic amines is 1. The molecule has 2 N–H and O–H groups in total. The molecule has 5 rings (SSSR count). The standard InChI is InChI=1S/C29H26N2O5/c1-16-14-20(36-4)12-13-21(16)27(32)25-26(24-17(2)30-23-11-6-5-10-22(23)24)31(29(34)28(25)33)18-8-7-9-19(15-18)35-3/h5-15,26,30,32H,1-4H3/b27-25+. The van der Waals surface area contributed by atoms with E-state index >= 15 is 0 Å². The zero-order valence-corrected chi connectivity index (χ0v) is 20.5. The van der Waals surface area contributed by atoms with E-state index in [-0.39, 0.29) is 11.3 Å². The summed E-state index contributed by atoms with van der Waals surface area (Å²) in [4.78, 5) is 31.9. The second-order valence-corrected chi connectivity index (χ2v) is 8.76. The summed E-state index contributed by atoms with van der Waals surface area (Å²) in [5.74, 6) is -0.515. The van der Waals surface area contributed by atoms with E-state index in [1.807, 2.05) is 38.1 Å². The van der Waals surface area contributed by atoms with E-state index < -0.39 is 17.7 Å². The van der Waals surface area contributed by atoms with Gasteiger partial charge in [0.05, 0.1) is 25.8 Å². The first kappa shape index (κ1) is 23.2. The van der Waals surface area contributed by atoms with Gasteiger partial charge in [-0.3, -0.25) is 14.5 Å². The van der Waals surface area contributed by atoms with Crippen molar-refractivity contribution in [2.24, 2.45) is 0 Å². The SMILES string of the molecule is COc1cccc(N2C(=O)C(=O)/C(=C(/O)c3ccc(OC)cc3C)C2c2c(C)[nH]c3ccccc23)c1. The average Bonchev–Trinajstić information content (AvgIpc) is 3.35. The zero-order chi connectivity index (χ0) is 25.6. The molecule has 1 fully saturated rings. The van der Waals surface area contributed by atoms with Crippen LogP contribution < -0.4 is 14.4 Å². The van der Waals surface area contributed by atoms with Crippen LogP contribution in [0.4, 0.5) is 5.69 Å². The molecule has 0 spiro atoms. The van der Waals surface area contributed by atoms with Gasteiger partial charge >= 0.3 is 0 Å². The maximum absolute atomic E-state index is 13.6. The van der Waals surface area contributed by atoms with Crippen LogP contribution in [0.15, 0.2) is 72.3 Å². The molecule has 3 aromatic carbocycles. The van der Waals surface area contributed by atoms with Crippen molar-refractivity contribution in [3.05, 3.63) is 94.7 Å². The van der Waals surface area contributed by atoms with Crippen LogP contribution in [-0.2, 0) is 9.59 Å². The van der Waals surface area contributed by atoms with Crippen molar-refractivity contribution >= 4 is 34.0 Å². The summed E-state index contributed by atoms with van der Waals surface area (Å²) in [6.45, 7) is 3.72. The van der Waals surface area contributed by atoms with Gasteiger partial charge in [-0.15, -0.1) is 0 Å². The lowest BCUT2D eigenvalue weighted by atomic mass is 9.92. The van der Waals surface area contributed by atoms with Gasteiger partial charge < -0.3 is 19.6 Å². The highest BCUT2D eigenvalue weighted by molar-refractivity contribution is 6.52. The molecule has 1 atom stereocenters. The molecule has 0 saturated carbocycles. The van der Waals surface area contributed by atoms with Gasteiger partial charge in [0.15, 0.2) is 0 Å². The van der Waals surface area contributed by atoms with Gasteiger partial charge in [0.25, 0.3) is 11.7 Å². The number of hydrogen-bond acceptors (Lipinski definition) is 5. The molecule has 1 aliphatic rings. The van der Waals surface area contributed by atoms with E-state index in [0.29, 0.717) is 28.3 Å². The molecule has 2 heterocycles. The topological polar surface area (TPSA) is 91.9 Å². The smallest absolute Gasteiger partial charge is 0.300 e. The number of aliphatic hydroxyl groups is 1. The Hall–Kier alpha value is -4.52. The minimum Gasteiger partial charge on any atom is -0.507 e. The van der Waals surface area contributed by atoms with E-state index in [4.69, 9.17) is 9.47 Å². The van der Waals surface area contributed by atoms with E-state index in [9.17, 15) is 14.7 Å². The molecular weight excluding hydrogens is 456 g/mol.